The average molecular weight is 256 g/mol. The zero-order chi connectivity index (χ0) is 13.7. The second-order valence-corrected chi connectivity index (χ2v) is 5.82. The van der Waals surface area contributed by atoms with Crippen LogP contribution in [0.3, 0.4) is 0 Å². The summed E-state index contributed by atoms with van der Waals surface area (Å²) in [6.07, 6.45) is 2.22. The van der Waals surface area contributed by atoms with Gasteiger partial charge >= 0.3 is 5.97 Å². The molecule has 0 unspecified atom stereocenters. The molecule has 1 aliphatic heterocycles. The molecule has 1 rings (SSSR count). The molecule has 1 fully saturated rings. The normalized spacial score (nSPS) is 20.4. The van der Waals surface area contributed by atoms with Crippen molar-refractivity contribution < 1.29 is 9.53 Å². The largest absolute Gasteiger partial charge is 0.468 e. The molecule has 0 bridgehead atoms. The molecular formula is C14H28N2O2. The van der Waals surface area contributed by atoms with E-state index in [0.717, 1.165) is 25.9 Å². The molecule has 18 heavy (non-hydrogen) atoms. The number of piperidine rings is 1. The van der Waals surface area contributed by atoms with Crippen LogP contribution in [0.4, 0.5) is 0 Å². The highest BCUT2D eigenvalue weighted by molar-refractivity contribution is 5.75. The lowest BCUT2D eigenvalue weighted by Gasteiger charge is -2.36. The number of carbonyl (C=O) groups is 1. The van der Waals surface area contributed by atoms with Gasteiger partial charge in [0, 0.05) is 12.1 Å². The van der Waals surface area contributed by atoms with E-state index in [1.807, 2.05) is 0 Å². The molecule has 0 aliphatic carbocycles. The Kier molecular flexibility index (Phi) is 6.09. The first-order valence-corrected chi connectivity index (χ1v) is 7.03. The Morgan fingerprint density at radius 3 is 2.17 bits per heavy atom. The van der Waals surface area contributed by atoms with Crippen LogP contribution in [-0.4, -0.2) is 49.2 Å². The molecular weight excluding hydrogens is 228 g/mol. The smallest absolute Gasteiger partial charge is 0.323 e. The van der Waals surface area contributed by atoms with Gasteiger partial charge in [0.15, 0.2) is 0 Å². The van der Waals surface area contributed by atoms with E-state index < -0.39 is 0 Å². The summed E-state index contributed by atoms with van der Waals surface area (Å²) in [5.74, 6) is 0.122. The van der Waals surface area contributed by atoms with Gasteiger partial charge in [-0.3, -0.25) is 4.79 Å². The Morgan fingerprint density at radius 2 is 1.78 bits per heavy atom. The molecule has 0 aromatic rings. The van der Waals surface area contributed by atoms with Crippen molar-refractivity contribution in [1.29, 1.82) is 0 Å². The van der Waals surface area contributed by atoms with E-state index in [0.29, 0.717) is 12.1 Å². The van der Waals surface area contributed by atoms with Crippen molar-refractivity contribution in [2.24, 2.45) is 5.92 Å². The molecule has 0 aromatic carbocycles. The van der Waals surface area contributed by atoms with Crippen LogP contribution in [0.25, 0.3) is 0 Å². The van der Waals surface area contributed by atoms with E-state index in [1.165, 1.54) is 7.11 Å². The molecule has 1 aliphatic rings. The van der Waals surface area contributed by atoms with Crippen molar-refractivity contribution in [2.45, 2.75) is 58.7 Å². The zero-order valence-corrected chi connectivity index (χ0v) is 12.4. The van der Waals surface area contributed by atoms with Crippen LogP contribution in [0, 0.1) is 5.92 Å². The molecule has 0 amide bonds. The van der Waals surface area contributed by atoms with Gasteiger partial charge in [0.05, 0.1) is 7.11 Å². The molecule has 0 saturated carbocycles. The number of esters is 1. The van der Waals surface area contributed by atoms with Crippen LogP contribution in [-0.2, 0) is 9.53 Å². The number of nitrogens with one attached hydrogen (secondary N) is 1. The Balaban J connectivity index is 2.45. The molecule has 1 N–H and O–H groups in total. The third kappa shape index (κ3) is 4.25. The fraction of sp³-hybridized carbons (Fsp3) is 0.929. The molecule has 4 heteroatoms. The maximum absolute atomic E-state index is 11.7. The highest BCUT2D eigenvalue weighted by Gasteiger charge is 2.28. The van der Waals surface area contributed by atoms with Gasteiger partial charge in [0.25, 0.3) is 0 Å². The molecule has 0 radical (unpaired) electrons. The van der Waals surface area contributed by atoms with E-state index in [-0.39, 0.29) is 17.9 Å². The van der Waals surface area contributed by atoms with E-state index in [4.69, 9.17) is 4.74 Å². The van der Waals surface area contributed by atoms with E-state index in [1.54, 1.807) is 0 Å². The van der Waals surface area contributed by atoms with Crippen LogP contribution in [0.5, 0.6) is 0 Å². The summed E-state index contributed by atoms with van der Waals surface area (Å²) in [6, 6.07) is 0.879. The molecule has 1 heterocycles. The van der Waals surface area contributed by atoms with E-state index in [2.05, 4.69) is 37.9 Å². The maximum Gasteiger partial charge on any atom is 0.323 e. The SMILES string of the molecule is COC(=O)[C@@H](NC1CCN(C(C)C)CC1)C(C)C. The lowest BCUT2D eigenvalue weighted by Crippen LogP contribution is -2.51. The van der Waals surface area contributed by atoms with Gasteiger partial charge in [0.2, 0.25) is 0 Å². The lowest BCUT2D eigenvalue weighted by molar-refractivity contribution is -0.144. The highest BCUT2D eigenvalue weighted by atomic mass is 16.5. The van der Waals surface area contributed by atoms with Crippen LogP contribution in [0.2, 0.25) is 0 Å². The van der Waals surface area contributed by atoms with Gasteiger partial charge in [-0.2, -0.15) is 0 Å². The monoisotopic (exact) mass is 256 g/mol. The van der Waals surface area contributed by atoms with Crippen molar-refractivity contribution in [2.75, 3.05) is 20.2 Å². The third-order valence-electron chi connectivity index (χ3n) is 3.80. The first kappa shape index (κ1) is 15.4. The fourth-order valence-electron chi connectivity index (χ4n) is 2.50. The van der Waals surface area contributed by atoms with E-state index >= 15 is 0 Å². The van der Waals surface area contributed by atoms with Crippen molar-refractivity contribution >= 4 is 5.97 Å². The summed E-state index contributed by atoms with van der Waals surface area (Å²) < 4.78 is 4.86. The Labute approximate surface area is 111 Å². The first-order chi connectivity index (χ1) is 8.45. The number of rotatable bonds is 5. The van der Waals surface area contributed by atoms with E-state index in [9.17, 15) is 4.79 Å². The number of carbonyl (C=O) groups excluding carboxylic acids is 1. The minimum atomic E-state index is -0.175. The standard InChI is InChI=1S/C14H28N2O2/c1-10(2)13(14(17)18-5)15-12-6-8-16(9-7-12)11(3)4/h10-13,15H,6-9H2,1-5H3/t13-/m0/s1. The minimum absolute atomic E-state index is 0.142. The van der Waals surface area contributed by atoms with Crippen molar-refractivity contribution in [3.8, 4) is 0 Å². The second kappa shape index (κ2) is 7.10. The fourth-order valence-corrected chi connectivity index (χ4v) is 2.50. The maximum atomic E-state index is 11.7. The summed E-state index contributed by atoms with van der Waals surface area (Å²) in [7, 11) is 1.46. The molecule has 4 nitrogen and oxygen atoms in total. The number of likely N-dealkylation sites (tertiary alicyclic amines) is 1. The quantitative estimate of drug-likeness (QED) is 0.759. The Hall–Kier alpha value is -0.610. The second-order valence-electron chi connectivity index (χ2n) is 5.82. The minimum Gasteiger partial charge on any atom is -0.468 e. The van der Waals surface area contributed by atoms with Crippen molar-refractivity contribution in [3.63, 3.8) is 0 Å². The number of ether oxygens (including phenoxy) is 1. The van der Waals surface area contributed by atoms with Gasteiger partial charge in [0.1, 0.15) is 6.04 Å². The third-order valence-corrected chi connectivity index (χ3v) is 3.80. The summed E-state index contributed by atoms with van der Waals surface area (Å²) >= 11 is 0. The molecule has 106 valence electrons. The number of nitrogens with zero attached hydrogens (tertiary/aromatic N) is 1. The van der Waals surface area contributed by atoms with Crippen molar-refractivity contribution in [3.05, 3.63) is 0 Å². The molecule has 0 spiro atoms. The average Bonchev–Trinajstić information content (AvgIpc) is 2.35. The number of hydrogen-bond donors (Lipinski definition) is 1. The summed E-state index contributed by atoms with van der Waals surface area (Å²) in [5.41, 5.74) is 0. The van der Waals surface area contributed by atoms with Crippen LogP contribution < -0.4 is 5.32 Å². The number of methoxy groups -OCH3 is 1. The van der Waals surface area contributed by atoms with Gasteiger partial charge < -0.3 is 15.0 Å². The van der Waals surface area contributed by atoms with Crippen LogP contribution in [0.1, 0.15) is 40.5 Å². The van der Waals surface area contributed by atoms with Crippen LogP contribution >= 0.6 is 0 Å². The van der Waals surface area contributed by atoms with Crippen LogP contribution in [0.15, 0.2) is 0 Å². The number of hydrogen-bond acceptors (Lipinski definition) is 4. The molecule has 0 aromatic heterocycles. The van der Waals surface area contributed by atoms with Gasteiger partial charge in [-0.25, -0.2) is 0 Å². The topological polar surface area (TPSA) is 41.6 Å². The van der Waals surface area contributed by atoms with Gasteiger partial charge in [-0.1, -0.05) is 13.8 Å². The van der Waals surface area contributed by atoms with Crippen molar-refractivity contribution in [1.82, 2.24) is 10.2 Å². The van der Waals surface area contributed by atoms with Gasteiger partial charge in [-0.15, -0.1) is 0 Å². The van der Waals surface area contributed by atoms with Gasteiger partial charge in [-0.05, 0) is 45.7 Å². The molecule has 1 atom stereocenters. The zero-order valence-electron chi connectivity index (χ0n) is 12.4. The summed E-state index contributed by atoms with van der Waals surface area (Å²) in [4.78, 5) is 14.2. The Bertz CT molecular complexity index is 259. The highest BCUT2D eigenvalue weighted by Crippen LogP contribution is 2.15. The first-order valence-electron chi connectivity index (χ1n) is 7.03. The summed E-state index contributed by atoms with van der Waals surface area (Å²) in [6.45, 7) is 10.8. The molecule has 1 saturated heterocycles. The predicted molar refractivity (Wildman–Crippen MR) is 73.5 cm³/mol. The lowest BCUT2D eigenvalue weighted by atomic mass is 9.98. The Morgan fingerprint density at radius 1 is 1.22 bits per heavy atom. The predicted octanol–water partition coefficient (Wildman–Crippen LogP) is 1.65. The summed E-state index contributed by atoms with van der Waals surface area (Å²) in [5, 5.41) is 3.46.